The monoisotopic (exact) mass is 491 g/mol. The molecule has 0 saturated carbocycles. The van der Waals surface area contributed by atoms with Crippen LogP contribution in [0.15, 0.2) is 59.3 Å². The van der Waals surface area contributed by atoms with Crippen molar-refractivity contribution in [2.24, 2.45) is 0 Å². The highest BCUT2D eigenvalue weighted by Gasteiger charge is 2.19. The molecule has 0 aliphatic carbocycles. The molecule has 0 aliphatic rings. The van der Waals surface area contributed by atoms with Gasteiger partial charge < -0.3 is 23.2 Å². The molecule has 0 fully saturated rings. The van der Waals surface area contributed by atoms with Crippen LogP contribution in [0.2, 0.25) is 0 Å². The summed E-state index contributed by atoms with van der Waals surface area (Å²) in [6.45, 7) is 4.56. The van der Waals surface area contributed by atoms with Gasteiger partial charge in [0, 0.05) is 35.9 Å². The number of carbonyl (C=O) groups excluding carboxylic acids is 2. The van der Waals surface area contributed by atoms with Crippen LogP contribution in [0.25, 0.3) is 0 Å². The molecule has 4 aromatic rings. The maximum Gasteiger partial charge on any atom is 0.374 e. The van der Waals surface area contributed by atoms with E-state index >= 15 is 0 Å². The zero-order valence-corrected chi connectivity index (χ0v) is 20.8. The van der Waals surface area contributed by atoms with Crippen molar-refractivity contribution in [2.75, 3.05) is 20.8 Å². The third-order valence-corrected chi connectivity index (χ3v) is 6.02. The summed E-state index contributed by atoms with van der Waals surface area (Å²) in [5.41, 5.74) is 3.41. The second-order valence-electron chi connectivity index (χ2n) is 8.34. The fraction of sp³-hybridized carbons (Fsp3) is 0.296. The summed E-state index contributed by atoms with van der Waals surface area (Å²) in [5, 5.41) is 4.10. The number of rotatable bonds is 11. The van der Waals surface area contributed by atoms with Gasteiger partial charge in [-0.2, -0.15) is 5.10 Å². The van der Waals surface area contributed by atoms with Gasteiger partial charge in [0.1, 0.15) is 5.76 Å². The van der Waals surface area contributed by atoms with E-state index in [1.807, 2.05) is 38.1 Å². The second-order valence-corrected chi connectivity index (χ2v) is 8.34. The van der Waals surface area contributed by atoms with Crippen LogP contribution in [0.3, 0.4) is 0 Å². The first-order valence-electron chi connectivity index (χ1n) is 11.5. The molecule has 0 radical (unpaired) electrons. The van der Waals surface area contributed by atoms with E-state index in [9.17, 15) is 9.59 Å². The molecule has 0 spiro atoms. The molecule has 0 unspecified atom stereocenters. The van der Waals surface area contributed by atoms with Crippen molar-refractivity contribution in [3.63, 3.8) is 0 Å². The van der Waals surface area contributed by atoms with Crippen molar-refractivity contribution in [1.29, 1.82) is 0 Å². The van der Waals surface area contributed by atoms with Crippen LogP contribution in [0, 0.1) is 13.8 Å². The van der Waals surface area contributed by atoms with Crippen molar-refractivity contribution in [3.8, 4) is 11.5 Å². The number of Topliss-reactive ketones (excluding diaryl/α,β-unsaturated/α-hetero) is 1. The molecule has 0 N–H and O–H groups in total. The molecule has 0 amide bonds. The largest absolute Gasteiger partial charge is 0.493 e. The highest BCUT2D eigenvalue weighted by molar-refractivity contribution is 6.00. The third kappa shape index (κ3) is 5.51. The topological polar surface area (TPSA) is 97.7 Å². The SMILES string of the molecule is COc1ccc(CCn2c(C)cc(C(=O)COC(=O)c3ccc(Cn4cccn4)o3)c2C)cc1OC. The minimum Gasteiger partial charge on any atom is -0.493 e. The average Bonchev–Trinajstić information content (AvgIpc) is 3.63. The van der Waals surface area contributed by atoms with Crippen LogP contribution in [0.1, 0.15) is 43.6 Å². The smallest absolute Gasteiger partial charge is 0.374 e. The maximum absolute atomic E-state index is 12.8. The van der Waals surface area contributed by atoms with Crippen LogP contribution >= 0.6 is 0 Å². The Balaban J connectivity index is 1.35. The number of nitrogens with zero attached hydrogens (tertiary/aromatic N) is 3. The Hall–Kier alpha value is -4.27. The number of hydrogen-bond donors (Lipinski definition) is 0. The molecular weight excluding hydrogens is 462 g/mol. The van der Waals surface area contributed by atoms with E-state index in [1.54, 1.807) is 43.4 Å². The number of ketones is 1. The Labute approximate surface area is 209 Å². The highest BCUT2D eigenvalue weighted by atomic mass is 16.5. The molecule has 1 aromatic carbocycles. The van der Waals surface area contributed by atoms with Gasteiger partial charge in [-0.05, 0) is 62.2 Å². The molecule has 188 valence electrons. The van der Waals surface area contributed by atoms with Crippen LogP contribution in [0.4, 0.5) is 0 Å². The summed E-state index contributed by atoms with van der Waals surface area (Å²) < 4.78 is 25.2. The van der Waals surface area contributed by atoms with Crippen molar-refractivity contribution in [3.05, 3.63) is 88.9 Å². The van der Waals surface area contributed by atoms with Crippen LogP contribution in [-0.2, 0) is 24.2 Å². The zero-order valence-electron chi connectivity index (χ0n) is 20.8. The van der Waals surface area contributed by atoms with Crippen LogP contribution < -0.4 is 9.47 Å². The van der Waals surface area contributed by atoms with Gasteiger partial charge in [-0.15, -0.1) is 0 Å². The predicted molar refractivity (Wildman–Crippen MR) is 132 cm³/mol. The zero-order chi connectivity index (χ0) is 25.7. The highest BCUT2D eigenvalue weighted by Crippen LogP contribution is 2.28. The lowest BCUT2D eigenvalue weighted by Crippen LogP contribution is -2.15. The number of aryl methyl sites for hydroxylation is 2. The summed E-state index contributed by atoms with van der Waals surface area (Å²) in [4.78, 5) is 25.2. The molecule has 9 nitrogen and oxygen atoms in total. The minimum atomic E-state index is -0.683. The van der Waals surface area contributed by atoms with Crippen LogP contribution in [0.5, 0.6) is 11.5 Å². The van der Waals surface area contributed by atoms with Crippen molar-refractivity contribution >= 4 is 11.8 Å². The maximum atomic E-state index is 12.8. The number of methoxy groups -OCH3 is 2. The molecule has 3 aromatic heterocycles. The fourth-order valence-electron chi connectivity index (χ4n) is 4.11. The molecule has 0 saturated heterocycles. The Morgan fingerprint density at radius 2 is 1.83 bits per heavy atom. The van der Waals surface area contributed by atoms with Crippen molar-refractivity contribution in [1.82, 2.24) is 14.3 Å². The summed E-state index contributed by atoms with van der Waals surface area (Å²) in [5.74, 6) is 1.02. The van der Waals surface area contributed by atoms with Gasteiger partial charge in [0.25, 0.3) is 0 Å². The van der Waals surface area contributed by atoms with Crippen molar-refractivity contribution < 1.29 is 28.2 Å². The average molecular weight is 492 g/mol. The number of esters is 1. The lowest BCUT2D eigenvalue weighted by Gasteiger charge is -2.12. The van der Waals surface area contributed by atoms with Gasteiger partial charge in [-0.3, -0.25) is 9.48 Å². The van der Waals surface area contributed by atoms with E-state index in [4.69, 9.17) is 18.6 Å². The second kappa shape index (κ2) is 11.0. The molecule has 4 rings (SSSR count). The molecule has 0 atom stereocenters. The number of benzene rings is 1. The van der Waals surface area contributed by atoms with Gasteiger partial charge in [0.05, 0.1) is 20.8 Å². The van der Waals surface area contributed by atoms with Crippen LogP contribution in [-0.4, -0.2) is 46.9 Å². The summed E-state index contributed by atoms with van der Waals surface area (Å²) in [6.07, 6.45) is 4.21. The van der Waals surface area contributed by atoms with E-state index in [2.05, 4.69) is 9.67 Å². The Morgan fingerprint density at radius 1 is 1.03 bits per heavy atom. The van der Waals surface area contributed by atoms with E-state index in [1.165, 1.54) is 6.07 Å². The van der Waals surface area contributed by atoms with E-state index in [-0.39, 0.29) is 18.2 Å². The number of hydrogen-bond acceptors (Lipinski definition) is 7. The summed E-state index contributed by atoms with van der Waals surface area (Å²) in [6, 6.07) is 12.7. The number of carbonyl (C=O) groups is 2. The van der Waals surface area contributed by atoms with E-state index in [0.717, 1.165) is 23.4 Å². The first-order chi connectivity index (χ1) is 17.4. The molecule has 0 aliphatic heterocycles. The lowest BCUT2D eigenvalue weighted by molar-refractivity contribution is 0.0442. The first kappa shape index (κ1) is 24.8. The lowest BCUT2D eigenvalue weighted by atomic mass is 10.1. The van der Waals surface area contributed by atoms with E-state index in [0.29, 0.717) is 35.9 Å². The minimum absolute atomic E-state index is 0.0466. The molecule has 0 bridgehead atoms. The summed E-state index contributed by atoms with van der Waals surface area (Å²) in [7, 11) is 3.22. The number of aromatic nitrogens is 3. The van der Waals surface area contributed by atoms with Crippen molar-refractivity contribution in [2.45, 2.75) is 33.4 Å². The summed E-state index contributed by atoms with van der Waals surface area (Å²) >= 11 is 0. The quantitative estimate of drug-likeness (QED) is 0.229. The molecule has 3 heterocycles. The van der Waals surface area contributed by atoms with Gasteiger partial charge >= 0.3 is 5.97 Å². The Kier molecular flexibility index (Phi) is 7.58. The molecule has 36 heavy (non-hydrogen) atoms. The first-order valence-corrected chi connectivity index (χ1v) is 11.5. The fourth-order valence-corrected chi connectivity index (χ4v) is 4.11. The van der Waals surface area contributed by atoms with Gasteiger partial charge in [-0.1, -0.05) is 6.07 Å². The van der Waals surface area contributed by atoms with Gasteiger partial charge in [0.2, 0.25) is 11.5 Å². The number of ether oxygens (including phenoxy) is 3. The molecular formula is C27H29N3O6. The standard InChI is InChI=1S/C27H29N3O6/c1-18-14-22(19(2)30(18)13-10-20-6-8-24(33-3)26(15-20)34-4)23(31)17-35-27(32)25-9-7-21(36-25)16-29-12-5-11-28-29/h5-9,11-12,14-15H,10,13,16-17H2,1-4H3. The Morgan fingerprint density at radius 3 is 2.56 bits per heavy atom. The van der Waals surface area contributed by atoms with Gasteiger partial charge in [-0.25, -0.2) is 4.79 Å². The molecule has 9 heteroatoms. The number of furan rings is 1. The predicted octanol–water partition coefficient (Wildman–Crippen LogP) is 4.24. The van der Waals surface area contributed by atoms with Gasteiger partial charge in [0.15, 0.2) is 18.1 Å². The Bertz CT molecular complexity index is 1350. The van der Waals surface area contributed by atoms with E-state index < -0.39 is 5.97 Å². The normalized spacial score (nSPS) is 10.9. The third-order valence-electron chi connectivity index (χ3n) is 6.02.